The minimum atomic E-state index is -1.49. The second-order valence-corrected chi connectivity index (χ2v) is 31.1. The van der Waals surface area contributed by atoms with Crippen LogP contribution in [0.1, 0.15) is 134 Å². The van der Waals surface area contributed by atoms with Gasteiger partial charge in [-0.05, 0) is 81.0 Å². The number of fused-ring (bicyclic) bond motifs is 4. The molecule has 36 nitrogen and oxygen atoms in total. The molecule has 646 valence electrons. The van der Waals surface area contributed by atoms with Crippen LogP contribution >= 0.6 is 23.5 Å². The van der Waals surface area contributed by atoms with Crippen molar-refractivity contribution < 1.29 is 86.4 Å². The number of hydrogen-bond acceptors (Lipinski definition) is 24. The normalized spacial score (nSPS) is 20.9. The van der Waals surface area contributed by atoms with Crippen LogP contribution in [0.3, 0.4) is 0 Å². The number of amides is 13. The highest BCUT2D eigenvalue weighted by atomic mass is 32.2. The molecule has 116 heavy (non-hydrogen) atoms. The maximum Gasteiger partial charge on any atom is 0.305 e. The summed E-state index contributed by atoms with van der Waals surface area (Å²) < 4.78 is 16.9. The van der Waals surface area contributed by atoms with E-state index in [4.69, 9.17) is 25.7 Å². The molecular weight excluding hydrogens is 1540 g/mol. The van der Waals surface area contributed by atoms with Crippen LogP contribution in [-0.2, 0) is 99.3 Å². The van der Waals surface area contributed by atoms with Gasteiger partial charge >= 0.3 is 5.97 Å². The molecule has 0 aliphatic carbocycles. The standard InChI is InChI=1S/C78H124N18O18S2/c1-4-7-17-58(87-67(99)23-22-66(98)84-26-13-36-112-38-40-114-41-39-113-37-14-27-85-68(100)48-93-32-34-94(35-33-93)76(109)56(46-81-6-3)47-82-29-25-79)72(105)92-62-52-116-50-55-42-54(44-83-45-55)49-115-51-61(70(103)86-28-24-69(101)102)91-74(107)60(43-53-15-9-8-10-16-53)90-73(106)59(20-21-65(80)97)89-71(104)57(5-2)88-75(108)63-18-11-30-95(63)78(111)64-19-12-31-96(64)77(62)110/h8-10,15-16,42,44-45,56-64,81-82H,4-7,11-14,17-41,43,46-52,79H2,1-3H3,(H2,80,97)(H,84,98)(H,85,100)(H,86,103)(H,87,99)(H,88,108)(H,89,104)(H,90,106)(H,91,107)(H,92,105)(H,101,102)/t56?,57-,58-,59-,60-,61-,62-,63-,64-/m0/s1. The van der Waals surface area contributed by atoms with Gasteiger partial charge in [0.1, 0.15) is 48.3 Å². The van der Waals surface area contributed by atoms with Gasteiger partial charge in [-0.1, -0.05) is 70.0 Å². The number of carboxylic acid groups (broad SMARTS) is 1. The van der Waals surface area contributed by atoms with Crippen LogP contribution in [0.5, 0.6) is 0 Å². The number of nitrogens with zero attached hydrogens (tertiary/aromatic N) is 5. The smallest absolute Gasteiger partial charge is 0.305 e. The molecule has 3 fully saturated rings. The van der Waals surface area contributed by atoms with Crippen LogP contribution in [0, 0.1) is 5.92 Å². The van der Waals surface area contributed by atoms with Crippen molar-refractivity contribution in [1.29, 1.82) is 0 Å². The zero-order valence-electron chi connectivity index (χ0n) is 67.4. The van der Waals surface area contributed by atoms with Gasteiger partial charge in [-0.2, -0.15) is 23.5 Å². The molecule has 3 saturated heterocycles. The third-order valence-corrected chi connectivity index (χ3v) is 22.1. The molecule has 4 aliphatic heterocycles. The number of aromatic nitrogens is 1. The summed E-state index contributed by atoms with van der Waals surface area (Å²) in [5.74, 6) is -8.30. The fourth-order valence-electron chi connectivity index (χ4n) is 13.6. The summed E-state index contributed by atoms with van der Waals surface area (Å²) in [5, 5.41) is 40.7. The number of carbonyl (C=O) groups is 14. The molecule has 0 radical (unpaired) electrons. The first-order chi connectivity index (χ1) is 56.0. The third kappa shape index (κ3) is 35.3. The van der Waals surface area contributed by atoms with E-state index in [1.165, 1.54) is 33.3 Å². The zero-order valence-corrected chi connectivity index (χ0v) is 69.0. The molecule has 13 amide bonds. The third-order valence-electron chi connectivity index (χ3n) is 19.9. The number of nitrogens with two attached hydrogens (primary N) is 2. The number of unbranched alkanes of at least 4 members (excludes halogenated alkanes) is 1. The van der Waals surface area contributed by atoms with Gasteiger partial charge in [-0.15, -0.1) is 0 Å². The molecule has 2 aromatic rings. The molecule has 1 unspecified atom stereocenters. The van der Waals surface area contributed by atoms with Crippen LogP contribution in [0.4, 0.5) is 0 Å². The molecule has 5 heterocycles. The Labute approximate surface area is 688 Å². The van der Waals surface area contributed by atoms with Crippen LogP contribution < -0.4 is 70.0 Å². The monoisotopic (exact) mass is 1660 g/mol. The summed E-state index contributed by atoms with van der Waals surface area (Å²) in [6.07, 6.45) is 5.33. The molecule has 0 saturated carbocycles. The first-order valence-electron chi connectivity index (χ1n) is 40.7. The number of primary amides is 1. The first kappa shape index (κ1) is 96.2. The Morgan fingerprint density at radius 3 is 1.85 bits per heavy atom. The van der Waals surface area contributed by atoms with Crippen LogP contribution in [0.25, 0.3) is 0 Å². The SMILES string of the molecule is CCCC[C@H](NC(=O)CCC(=O)NCCCOCCOCCOCCCNC(=O)CN1CCN(C(=O)C(CNCC)CNCCN)CC1)C(=O)N[C@H]1CSCc2cncc(c2)CSC[C@@H](C(=O)NCCC(=O)O)NC(=O)[C@H](Cc2ccccc2)NC(=O)[C@H](CCC(N)=O)NC(=O)[C@H](CC)NC(=O)[C@@H]2CCCN2C(=O)[C@@H]2CCCN2C1=O. The number of aliphatic carboxylic acids is 1. The number of piperazine rings is 1. The van der Waals surface area contributed by atoms with Crippen molar-refractivity contribution in [3.05, 3.63) is 65.5 Å². The molecule has 1 aromatic carbocycles. The summed E-state index contributed by atoms with van der Waals surface area (Å²) in [4.78, 5) is 203. The summed E-state index contributed by atoms with van der Waals surface area (Å²) in [6.45, 7) is 14.2. The van der Waals surface area contributed by atoms with E-state index in [9.17, 15) is 67.4 Å². The molecule has 0 spiro atoms. The number of benzene rings is 1. The lowest BCUT2D eigenvalue weighted by Gasteiger charge is -2.36. The number of thioether (sulfide) groups is 2. The van der Waals surface area contributed by atoms with Crippen LogP contribution in [0.2, 0.25) is 0 Å². The Balaban J connectivity index is 1.01. The van der Waals surface area contributed by atoms with Gasteiger partial charge in [-0.25, -0.2) is 0 Å². The first-order valence-corrected chi connectivity index (χ1v) is 43.0. The van der Waals surface area contributed by atoms with Crippen molar-refractivity contribution in [2.75, 3.05) is 149 Å². The highest BCUT2D eigenvalue weighted by molar-refractivity contribution is 7.98. The molecular formula is C78H124N18O18S2. The minimum absolute atomic E-state index is 0.000846. The van der Waals surface area contributed by atoms with Crippen molar-refractivity contribution in [2.45, 2.75) is 183 Å². The van der Waals surface area contributed by atoms with E-state index < -0.39 is 120 Å². The van der Waals surface area contributed by atoms with E-state index in [-0.39, 0.29) is 137 Å². The predicted molar refractivity (Wildman–Crippen MR) is 435 cm³/mol. The fourth-order valence-corrected chi connectivity index (χ4v) is 15.5. The average molecular weight is 1670 g/mol. The van der Waals surface area contributed by atoms with E-state index in [2.05, 4.69) is 68.4 Å². The van der Waals surface area contributed by atoms with Crippen molar-refractivity contribution in [1.82, 2.24) is 83.1 Å². The Bertz CT molecular complexity index is 3480. The number of carbonyl (C=O) groups excluding carboxylic acids is 13. The van der Waals surface area contributed by atoms with E-state index in [1.54, 1.807) is 49.6 Å². The number of carboxylic acids is 1. The van der Waals surface area contributed by atoms with Gasteiger partial charge < -0.3 is 104 Å². The van der Waals surface area contributed by atoms with Crippen molar-refractivity contribution in [3.8, 4) is 0 Å². The van der Waals surface area contributed by atoms with Crippen LogP contribution in [-0.4, -0.2) is 310 Å². The lowest BCUT2D eigenvalue weighted by atomic mass is 10.0. The highest BCUT2D eigenvalue weighted by Crippen LogP contribution is 2.28. The Kier molecular flexibility index (Phi) is 45.1. The summed E-state index contributed by atoms with van der Waals surface area (Å²) in [6, 6.07) is 0.565. The van der Waals surface area contributed by atoms with Gasteiger partial charge in [0.2, 0.25) is 76.8 Å². The quantitative estimate of drug-likeness (QED) is 0.0317. The highest BCUT2D eigenvalue weighted by Gasteiger charge is 2.45. The number of rotatable bonds is 43. The molecule has 2 bridgehead atoms. The maximum absolute atomic E-state index is 15.1. The molecule has 9 atom stereocenters. The number of ether oxygens (including phenoxy) is 3. The van der Waals surface area contributed by atoms with E-state index >= 15 is 4.79 Å². The fraction of sp³-hybridized carbons (Fsp3) is 0.679. The Morgan fingerprint density at radius 1 is 0.621 bits per heavy atom. The summed E-state index contributed by atoms with van der Waals surface area (Å²) >= 11 is 2.54. The number of hydrogen-bond donors (Lipinski definition) is 14. The minimum Gasteiger partial charge on any atom is -0.481 e. The van der Waals surface area contributed by atoms with Gasteiger partial charge in [0.15, 0.2) is 0 Å². The largest absolute Gasteiger partial charge is 0.481 e. The second kappa shape index (κ2) is 54.4. The molecule has 16 N–H and O–H groups in total. The van der Waals surface area contributed by atoms with Gasteiger partial charge in [0.25, 0.3) is 0 Å². The number of nitrogens with one attached hydrogen (secondary N) is 11. The Morgan fingerprint density at radius 2 is 1.22 bits per heavy atom. The molecule has 38 heteroatoms. The van der Waals surface area contributed by atoms with Gasteiger partial charge in [0.05, 0.1) is 45.3 Å². The molecule has 6 rings (SSSR count). The molecule has 4 aliphatic rings. The van der Waals surface area contributed by atoms with Crippen molar-refractivity contribution in [3.63, 3.8) is 0 Å². The van der Waals surface area contributed by atoms with Crippen LogP contribution in [0.15, 0.2) is 48.8 Å². The summed E-state index contributed by atoms with van der Waals surface area (Å²) in [5.41, 5.74) is 13.2. The Hall–Kier alpha value is -8.63. The lowest BCUT2D eigenvalue weighted by Crippen LogP contribution is -2.60. The average Bonchev–Trinajstić information content (AvgIpc) is 1.64. The summed E-state index contributed by atoms with van der Waals surface area (Å²) in [7, 11) is 0. The van der Waals surface area contributed by atoms with Gasteiger partial charge in [0, 0.05) is 159 Å². The number of pyridine rings is 1. The van der Waals surface area contributed by atoms with E-state index in [0.717, 1.165) is 6.54 Å². The van der Waals surface area contributed by atoms with Crippen molar-refractivity contribution >= 4 is 106 Å². The topological polar surface area (TPSA) is 497 Å². The predicted octanol–water partition coefficient (Wildman–Crippen LogP) is -2.09. The second-order valence-electron chi connectivity index (χ2n) is 29.1. The van der Waals surface area contributed by atoms with E-state index in [0.29, 0.717) is 154 Å². The molecule has 1 aromatic heterocycles. The lowest BCUT2D eigenvalue weighted by molar-refractivity contribution is -0.148. The van der Waals surface area contributed by atoms with E-state index in [1.807, 2.05) is 24.8 Å². The van der Waals surface area contributed by atoms with Gasteiger partial charge in [-0.3, -0.25) is 77.0 Å². The zero-order chi connectivity index (χ0) is 84.0. The maximum atomic E-state index is 15.1. The van der Waals surface area contributed by atoms with Crippen molar-refractivity contribution in [2.24, 2.45) is 17.4 Å².